The van der Waals surface area contributed by atoms with Crippen LogP contribution in [0.2, 0.25) is 0 Å². The van der Waals surface area contributed by atoms with Crippen molar-refractivity contribution in [1.29, 1.82) is 0 Å². The third kappa shape index (κ3) is 3.70. The fraction of sp³-hybridized carbons (Fsp3) is 0.133. The molecule has 0 aromatic heterocycles. The van der Waals surface area contributed by atoms with Gasteiger partial charge in [0.2, 0.25) is 10.0 Å². The molecule has 0 bridgehead atoms. The van der Waals surface area contributed by atoms with Crippen molar-refractivity contribution in [3.8, 4) is 0 Å². The van der Waals surface area contributed by atoms with E-state index >= 15 is 0 Å². The number of carbonyl (C=O) groups excluding carboxylic acids is 1. The molecule has 6 nitrogen and oxygen atoms in total. The molecule has 0 heterocycles. The topological polar surface area (TPSA) is 107 Å². The molecule has 0 unspecified atom stereocenters. The molecule has 0 aliphatic heterocycles. The summed E-state index contributed by atoms with van der Waals surface area (Å²) in [4.78, 5) is 11.1. The summed E-state index contributed by atoms with van der Waals surface area (Å²) in [6, 6.07) is 13.4. The van der Waals surface area contributed by atoms with Crippen LogP contribution in [-0.4, -0.2) is 25.5 Å². The Morgan fingerprint density at radius 1 is 1.00 bits per heavy atom. The number of carboxylic acids is 1. The van der Waals surface area contributed by atoms with Gasteiger partial charge in [-0.1, -0.05) is 48.5 Å². The normalized spacial score (nSPS) is 14.2. The van der Waals surface area contributed by atoms with Crippen molar-refractivity contribution >= 4 is 16.0 Å². The Labute approximate surface area is 128 Å². The molecular weight excluding hydrogens is 306 g/mol. The first-order valence-electron chi connectivity index (χ1n) is 6.43. The van der Waals surface area contributed by atoms with Crippen molar-refractivity contribution < 1.29 is 23.4 Å². The monoisotopic (exact) mass is 320 g/mol. The SMILES string of the molecule is O=C([O-])[C@@H](NS(=O)(=O)c1ccccc1)[C@H](O)c1ccccc1. The van der Waals surface area contributed by atoms with Crippen LogP contribution in [0.5, 0.6) is 0 Å². The second-order valence-electron chi connectivity index (χ2n) is 4.59. The fourth-order valence-corrected chi connectivity index (χ4v) is 3.13. The van der Waals surface area contributed by atoms with Crippen LogP contribution in [0, 0.1) is 0 Å². The average Bonchev–Trinajstić information content (AvgIpc) is 2.53. The van der Waals surface area contributed by atoms with Crippen LogP contribution >= 0.6 is 0 Å². The number of sulfonamides is 1. The van der Waals surface area contributed by atoms with Gasteiger partial charge in [0.1, 0.15) is 6.10 Å². The lowest BCUT2D eigenvalue weighted by molar-refractivity contribution is -0.310. The summed E-state index contributed by atoms with van der Waals surface area (Å²) in [6.07, 6.45) is -1.57. The smallest absolute Gasteiger partial charge is 0.241 e. The number of aliphatic hydroxyl groups excluding tert-OH is 1. The van der Waals surface area contributed by atoms with Crippen LogP contribution in [0.3, 0.4) is 0 Å². The summed E-state index contributed by atoms with van der Waals surface area (Å²) < 4.78 is 26.3. The number of aliphatic carboxylic acids is 1. The average molecular weight is 320 g/mol. The van der Waals surface area contributed by atoms with Crippen LogP contribution in [0.1, 0.15) is 11.7 Å². The molecule has 2 aromatic carbocycles. The molecule has 0 fully saturated rings. The highest BCUT2D eigenvalue weighted by Gasteiger charge is 2.27. The van der Waals surface area contributed by atoms with Gasteiger partial charge < -0.3 is 15.0 Å². The molecular formula is C15H14NO5S-. The molecule has 2 rings (SSSR count). The zero-order valence-corrected chi connectivity index (χ0v) is 12.2. The third-order valence-corrected chi connectivity index (χ3v) is 4.50. The molecule has 0 radical (unpaired) electrons. The molecule has 0 aliphatic rings. The predicted octanol–water partition coefficient (Wildman–Crippen LogP) is -0.183. The number of benzene rings is 2. The largest absolute Gasteiger partial charge is 0.548 e. The van der Waals surface area contributed by atoms with Crippen LogP contribution in [0.15, 0.2) is 65.6 Å². The lowest BCUT2D eigenvalue weighted by Gasteiger charge is -2.25. The van der Waals surface area contributed by atoms with E-state index < -0.39 is 28.1 Å². The lowest BCUT2D eigenvalue weighted by Crippen LogP contribution is -2.51. The van der Waals surface area contributed by atoms with E-state index in [1.807, 2.05) is 4.72 Å². The highest BCUT2D eigenvalue weighted by atomic mass is 32.2. The summed E-state index contributed by atoms with van der Waals surface area (Å²) in [6.45, 7) is 0. The zero-order chi connectivity index (χ0) is 16.2. The van der Waals surface area contributed by atoms with E-state index in [2.05, 4.69) is 0 Å². The number of aliphatic hydroxyl groups is 1. The molecule has 0 saturated heterocycles. The molecule has 2 atom stereocenters. The highest BCUT2D eigenvalue weighted by Crippen LogP contribution is 2.18. The zero-order valence-electron chi connectivity index (χ0n) is 11.4. The number of rotatable bonds is 6. The van der Waals surface area contributed by atoms with Crippen LogP contribution in [-0.2, 0) is 14.8 Å². The van der Waals surface area contributed by atoms with Gasteiger partial charge in [-0.3, -0.25) is 0 Å². The molecule has 2 aromatic rings. The molecule has 0 amide bonds. The predicted molar refractivity (Wildman–Crippen MR) is 77.0 cm³/mol. The van der Waals surface area contributed by atoms with Gasteiger partial charge in [0.15, 0.2) is 0 Å². The summed E-state index contributed by atoms with van der Waals surface area (Å²) in [5.41, 5.74) is 0.271. The van der Waals surface area contributed by atoms with Gasteiger partial charge in [0.25, 0.3) is 0 Å². The minimum Gasteiger partial charge on any atom is -0.548 e. The standard InChI is InChI=1S/C15H15NO5S/c17-14(11-7-3-1-4-8-11)13(15(18)19)16-22(20,21)12-9-5-2-6-10-12/h1-10,13-14,16-17H,(H,18,19)/p-1/t13-,14+/m0/s1. The molecule has 2 N–H and O–H groups in total. The van der Waals surface area contributed by atoms with Gasteiger partial charge in [-0.2, -0.15) is 4.72 Å². The van der Waals surface area contributed by atoms with Crippen LogP contribution < -0.4 is 9.83 Å². The van der Waals surface area contributed by atoms with Crippen molar-refractivity contribution in [2.45, 2.75) is 17.0 Å². The first kappa shape index (κ1) is 16.2. The number of nitrogens with one attached hydrogen (secondary N) is 1. The van der Waals surface area contributed by atoms with E-state index in [1.165, 1.54) is 36.4 Å². The van der Waals surface area contributed by atoms with E-state index in [9.17, 15) is 23.4 Å². The highest BCUT2D eigenvalue weighted by molar-refractivity contribution is 7.89. The minimum absolute atomic E-state index is 0.0958. The minimum atomic E-state index is -4.09. The summed E-state index contributed by atoms with van der Waals surface area (Å²) in [5.74, 6) is -1.71. The second-order valence-corrected chi connectivity index (χ2v) is 6.30. The van der Waals surface area contributed by atoms with E-state index in [0.29, 0.717) is 0 Å². The van der Waals surface area contributed by atoms with E-state index in [4.69, 9.17) is 0 Å². The Balaban J connectivity index is 2.28. The van der Waals surface area contributed by atoms with Gasteiger partial charge >= 0.3 is 0 Å². The van der Waals surface area contributed by atoms with Crippen molar-refractivity contribution in [2.75, 3.05) is 0 Å². The van der Waals surface area contributed by atoms with E-state index in [0.717, 1.165) is 0 Å². The van der Waals surface area contributed by atoms with Crippen LogP contribution in [0.4, 0.5) is 0 Å². The molecule has 22 heavy (non-hydrogen) atoms. The number of hydrogen-bond donors (Lipinski definition) is 2. The summed E-state index contributed by atoms with van der Waals surface area (Å²) in [5, 5.41) is 21.3. The Morgan fingerprint density at radius 2 is 1.50 bits per heavy atom. The first-order chi connectivity index (χ1) is 10.4. The van der Waals surface area contributed by atoms with E-state index in [-0.39, 0.29) is 10.5 Å². The van der Waals surface area contributed by atoms with Crippen molar-refractivity contribution in [3.63, 3.8) is 0 Å². The van der Waals surface area contributed by atoms with Gasteiger partial charge in [-0.05, 0) is 17.7 Å². The van der Waals surface area contributed by atoms with Gasteiger partial charge in [0.05, 0.1) is 16.9 Å². The number of carbonyl (C=O) groups is 1. The fourth-order valence-electron chi connectivity index (χ4n) is 1.92. The van der Waals surface area contributed by atoms with Crippen LogP contribution in [0.25, 0.3) is 0 Å². The molecule has 0 saturated carbocycles. The lowest BCUT2D eigenvalue weighted by atomic mass is 10.0. The first-order valence-corrected chi connectivity index (χ1v) is 7.91. The maximum Gasteiger partial charge on any atom is 0.241 e. The van der Waals surface area contributed by atoms with Gasteiger partial charge in [-0.15, -0.1) is 0 Å². The summed E-state index contributed by atoms with van der Waals surface area (Å²) in [7, 11) is -4.09. The molecule has 0 aliphatic carbocycles. The maximum absolute atomic E-state index is 12.2. The van der Waals surface area contributed by atoms with Crippen molar-refractivity contribution in [1.82, 2.24) is 4.72 Å². The maximum atomic E-state index is 12.2. The van der Waals surface area contributed by atoms with E-state index in [1.54, 1.807) is 24.3 Å². The summed E-state index contributed by atoms with van der Waals surface area (Å²) >= 11 is 0. The van der Waals surface area contributed by atoms with Crippen molar-refractivity contribution in [2.24, 2.45) is 0 Å². The molecule has 116 valence electrons. The number of carboxylic acid groups (broad SMARTS) is 1. The Kier molecular flexibility index (Phi) is 4.92. The molecule has 0 spiro atoms. The third-order valence-electron chi connectivity index (χ3n) is 3.05. The Morgan fingerprint density at radius 3 is 2.00 bits per heavy atom. The molecule has 7 heteroatoms. The quantitative estimate of drug-likeness (QED) is 0.768. The van der Waals surface area contributed by atoms with Gasteiger partial charge in [-0.25, -0.2) is 8.42 Å². The Bertz CT molecular complexity index is 731. The Hall–Kier alpha value is -2.22. The van der Waals surface area contributed by atoms with Gasteiger partial charge in [0, 0.05) is 0 Å². The second kappa shape index (κ2) is 6.69. The number of hydrogen-bond acceptors (Lipinski definition) is 5. The van der Waals surface area contributed by atoms with Crippen molar-refractivity contribution in [3.05, 3.63) is 66.2 Å².